The Bertz CT molecular complexity index is 931. The van der Waals surface area contributed by atoms with Crippen LogP contribution in [0.2, 0.25) is 0 Å². The molecular formula is C35H54O2. The zero-order valence-electron chi connectivity index (χ0n) is 24.7. The smallest absolute Gasteiger partial charge is 0.118 e. The summed E-state index contributed by atoms with van der Waals surface area (Å²) in [7, 11) is 1.72. The topological polar surface area (TPSA) is 18.5 Å². The van der Waals surface area contributed by atoms with E-state index in [-0.39, 0.29) is 0 Å². The summed E-state index contributed by atoms with van der Waals surface area (Å²) in [6, 6.07) is 8.35. The van der Waals surface area contributed by atoms with Crippen molar-refractivity contribution in [2.75, 3.05) is 7.11 Å². The van der Waals surface area contributed by atoms with Crippen LogP contribution in [0.15, 0.2) is 35.9 Å². The van der Waals surface area contributed by atoms with E-state index in [1.165, 1.54) is 69.8 Å². The average molecular weight is 507 g/mol. The van der Waals surface area contributed by atoms with E-state index < -0.39 is 0 Å². The summed E-state index contributed by atoms with van der Waals surface area (Å²) in [5.74, 6) is 6.36. The Morgan fingerprint density at radius 2 is 1.70 bits per heavy atom. The van der Waals surface area contributed by atoms with E-state index in [4.69, 9.17) is 9.47 Å². The second-order valence-electron chi connectivity index (χ2n) is 14.3. The van der Waals surface area contributed by atoms with Crippen molar-refractivity contribution in [2.45, 2.75) is 118 Å². The summed E-state index contributed by atoms with van der Waals surface area (Å²) in [6.07, 6.45) is 18.2. The molecule has 1 unspecified atom stereocenters. The summed E-state index contributed by atoms with van der Waals surface area (Å²) in [5.41, 5.74) is 3.97. The maximum Gasteiger partial charge on any atom is 0.118 e. The van der Waals surface area contributed by atoms with Crippen LogP contribution in [0, 0.1) is 46.3 Å². The molecule has 1 aromatic carbocycles. The highest BCUT2D eigenvalue weighted by Gasteiger charge is 2.59. The van der Waals surface area contributed by atoms with E-state index >= 15 is 0 Å². The number of hydrogen-bond donors (Lipinski definition) is 0. The molecule has 4 aliphatic carbocycles. The highest BCUT2D eigenvalue weighted by Crippen LogP contribution is 2.67. The summed E-state index contributed by atoms with van der Waals surface area (Å²) in [4.78, 5) is 0. The third kappa shape index (κ3) is 5.30. The number of ether oxygens (including phenoxy) is 2. The molecule has 8 atom stereocenters. The van der Waals surface area contributed by atoms with Gasteiger partial charge in [-0.2, -0.15) is 0 Å². The largest absolute Gasteiger partial charge is 0.497 e. The highest BCUT2D eigenvalue weighted by atomic mass is 16.5. The fraction of sp³-hybridized carbons (Fsp3) is 0.771. The molecule has 3 saturated carbocycles. The summed E-state index contributed by atoms with van der Waals surface area (Å²) < 4.78 is 11.8. The molecule has 5 rings (SSSR count). The lowest BCUT2D eigenvalue weighted by molar-refractivity contribution is -0.0656. The van der Waals surface area contributed by atoms with E-state index in [9.17, 15) is 0 Å². The summed E-state index contributed by atoms with van der Waals surface area (Å²) in [5, 5.41) is 0. The van der Waals surface area contributed by atoms with Gasteiger partial charge in [-0.1, -0.05) is 77.7 Å². The van der Waals surface area contributed by atoms with Gasteiger partial charge in [-0.05, 0) is 115 Å². The maximum atomic E-state index is 6.46. The van der Waals surface area contributed by atoms with Crippen LogP contribution in [0.1, 0.15) is 111 Å². The minimum absolute atomic E-state index is 0.370. The normalized spacial score (nSPS) is 37.9. The quantitative estimate of drug-likeness (QED) is 0.310. The zero-order chi connectivity index (χ0) is 26.2. The van der Waals surface area contributed by atoms with Gasteiger partial charge in [-0.3, -0.25) is 0 Å². The standard InChI is InChI=1S/C35H54O2/c1-24(2)8-7-9-25(3)31-16-17-32-30-15-12-27-22-29(37-23-26-10-13-28(36-6)14-11-26)18-20-34(27,4)33(30)19-21-35(31,32)5/h10-14,24-25,29-33H,7-9,15-23H2,1-6H3/t25-,29?,30+,31-,32+,33+,34+,35-/m1/s1. The third-order valence-corrected chi connectivity index (χ3v) is 11.9. The average Bonchev–Trinajstić information content (AvgIpc) is 3.24. The zero-order valence-corrected chi connectivity index (χ0v) is 24.7. The lowest BCUT2D eigenvalue weighted by Crippen LogP contribution is -2.51. The van der Waals surface area contributed by atoms with Gasteiger partial charge < -0.3 is 9.47 Å². The van der Waals surface area contributed by atoms with Gasteiger partial charge in [-0.15, -0.1) is 0 Å². The van der Waals surface area contributed by atoms with Crippen molar-refractivity contribution >= 4 is 0 Å². The lowest BCUT2D eigenvalue weighted by atomic mass is 9.47. The monoisotopic (exact) mass is 506 g/mol. The predicted molar refractivity (Wildman–Crippen MR) is 155 cm³/mol. The first-order valence-electron chi connectivity index (χ1n) is 15.7. The Morgan fingerprint density at radius 3 is 2.43 bits per heavy atom. The van der Waals surface area contributed by atoms with Crippen LogP contribution in [0.5, 0.6) is 5.75 Å². The van der Waals surface area contributed by atoms with Crippen molar-refractivity contribution in [2.24, 2.45) is 46.3 Å². The molecule has 2 nitrogen and oxygen atoms in total. The lowest BCUT2D eigenvalue weighted by Gasteiger charge is -2.58. The molecule has 0 amide bonds. The van der Waals surface area contributed by atoms with Gasteiger partial charge in [0, 0.05) is 0 Å². The predicted octanol–water partition coefficient (Wildman–Crippen LogP) is 9.62. The number of methoxy groups -OCH3 is 1. The van der Waals surface area contributed by atoms with Crippen molar-refractivity contribution in [1.29, 1.82) is 0 Å². The third-order valence-electron chi connectivity index (χ3n) is 11.9. The fourth-order valence-corrected chi connectivity index (χ4v) is 9.73. The molecule has 0 radical (unpaired) electrons. The summed E-state index contributed by atoms with van der Waals surface area (Å²) in [6.45, 7) is 13.4. The molecule has 0 bridgehead atoms. The Morgan fingerprint density at radius 1 is 0.919 bits per heavy atom. The van der Waals surface area contributed by atoms with E-state index in [0.717, 1.165) is 47.7 Å². The SMILES string of the molecule is COc1ccc(COC2CC[C@@]3(C)C(=CC[C@H]4[C@@H]5CC[C@H]([C@H](C)CCCC(C)C)[C@@]5(C)CC[C@@H]43)C2)cc1. The van der Waals surface area contributed by atoms with Crippen molar-refractivity contribution in [3.05, 3.63) is 41.5 Å². The molecule has 0 heterocycles. The van der Waals surface area contributed by atoms with Gasteiger partial charge in [-0.25, -0.2) is 0 Å². The highest BCUT2D eigenvalue weighted by molar-refractivity contribution is 5.27. The molecule has 206 valence electrons. The Kier molecular flexibility index (Phi) is 8.17. The Hall–Kier alpha value is -1.28. The second kappa shape index (κ2) is 11.1. The number of hydrogen-bond acceptors (Lipinski definition) is 2. The molecule has 0 spiro atoms. The Balaban J connectivity index is 1.22. The molecule has 0 aliphatic heterocycles. The molecule has 4 aliphatic rings. The molecule has 0 saturated heterocycles. The maximum absolute atomic E-state index is 6.46. The van der Waals surface area contributed by atoms with E-state index in [0.29, 0.717) is 23.5 Å². The number of rotatable bonds is 9. The van der Waals surface area contributed by atoms with Gasteiger partial charge in [0.25, 0.3) is 0 Å². The second-order valence-corrected chi connectivity index (χ2v) is 14.3. The molecule has 2 heteroatoms. The van der Waals surface area contributed by atoms with Crippen molar-refractivity contribution in [3.63, 3.8) is 0 Å². The van der Waals surface area contributed by atoms with Crippen LogP contribution >= 0.6 is 0 Å². The first kappa shape index (κ1) is 27.3. The van der Waals surface area contributed by atoms with Crippen molar-refractivity contribution in [3.8, 4) is 5.75 Å². The van der Waals surface area contributed by atoms with Crippen molar-refractivity contribution in [1.82, 2.24) is 0 Å². The number of fused-ring (bicyclic) bond motifs is 5. The molecular weight excluding hydrogens is 452 g/mol. The van der Waals surface area contributed by atoms with E-state index in [1.54, 1.807) is 12.7 Å². The molecule has 37 heavy (non-hydrogen) atoms. The van der Waals surface area contributed by atoms with Crippen LogP contribution in [-0.4, -0.2) is 13.2 Å². The minimum atomic E-state index is 0.370. The van der Waals surface area contributed by atoms with Gasteiger partial charge in [0.05, 0.1) is 19.8 Å². The van der Waals surface area contributed by atoms with Gasteiger partial charge in [0.15, 0.2) is 0 Å². The van der Waals surface area contributed by atoms with E-state index in [2.05, 4.69) is 52.8 Å². The fourth-order valence-electron chi connectivity index (χ4n) is 9.73. The molecule has 1 aromatic rings. The van der Waals surface area contributed by atoms with Crippen LogP contribution in [0.3, 0.4) is 0 Å². The van der Waals surface area contributed by atoms with Crippen molar-refractivity contribution < 1.29 is 9.47 Å². The van der Waals surface area contributed by atoms with E-state index in [1.807, 2.05) is 12.1 Å². The van der Waals surface area contributed by atoms with Crippen LogP contribution in [-0.2, 0) is 11.3 Å². The molecule has 0 aromatic heterocycles. The minimum Gasteiger partial charge on any atom is -0.497 e. The first-order valence-corrected chi connectivity index (χ1v) is 15.7. The van der Waals surface area contributed by atoms with Crippen LogP contribution < -0.4 is 4.74 Å². The van der Waals surface area contributed by atoms with Crippen LogP contribution in [0.4, 0.5) is 0 Å². The van der Waals surface area contributed by atoms with Gasteiger partial charge >= 0.3 is 0 Å². The summed E-state index contributed by atoms with van der Waals surface area (Å²) >= 11 is 0. The molecule has 3 fully saturated rings. The first-order chi connectivity index (χ1) is 17.7. The number of benzene rings is 1. The number of allylic oxidation sites excluding steroid dienone is 1. The van der Waals surface area contributed by atoms with Gasteiger partial charge in [0.2, 0.25) is 0 Å². The van der Waals surface area contributed by atoms with Gasteiger partial charge in [0.1, 0.15) is 5.75 Å². The Labute approximate surface area is 228 Å². The van der Waals surface area contributed by atoms with Crippen LogP contribution in [0.25, 0.3) is 0 Å². The molecule has 0 N–H and O–H groups in total.